The Bertz CT molecular complexity index is 323. The van der Waals surface area contributed by atoms with Gasteiger partial charge in [-0.3, -0.25) is 0 Å². The van der Waals surface area contributed by atoms with Gasteiger partial charge in [-0.1, -0.05) is 13.0 Å². The third-order valence-electron chi connectivity index (χ3n) is 2.22. The van der Waals surface area contributed by atoms with Gasteiger partial charge < -0.3 is 15.2 Å². The van der Waals surface area contributed by atoms with Crippen LogP contribution in [0.5, 0.6) is 0 Å². The summed E-state index contributed by atoms with van der Waals surface area (Å²) in [6.07, 6.45) is 1.78. The van der Waals surface area contributed by atoms with Gasteiger partial charge >= 0.3 is 0 Å². The van der Waals surface area contributed by atoms with Gasteiger partial charge in [-0.05, 0) is 11.6 Å². The van der Waals surface area contributed by atoms with Crippen molar-refractivity contribution in [1.29, 1.82) is 0 Å². The molecule has 96 valence electrons. The van der Waals surface area contributed by atoms with Crippen molar-refractivity contribution < 1.29 is 9.84 Å². The fourth-order valence-corrected chi connectivity index (χ4v) is 2.16. The highest BCUT2D eigenvalue weighted by Crippen LogP contribution is 2.24. The molecule has 2 N–H and O–H groups in total. The number of pyridine rings is 1. The molecule has 5 heteroatoms. The summed E-state index contributed by atoms with van der Waals surface area (Å²) in [4.78, 5) is 4.35. The Morgan fingerprint density at radius 1 is 1.59 bits per heavy atom. The van der Waals surface area contributed by atoms with E-state index in [4.69, 9.17) is 9.84 Å². The Labute approximate surface area is 107 Å². The van der Waals surface area contributed by atoms with E-state index in [1.807, 2.05) is 13.0 Å². The van der Waals surface area contributed by atoms with Crippen molar-refractivity contribution in [1.82, 2.24) is 10.3 Å². The van der Waals surface area contributed by atoms with E-state index in [0.717, 1.165) is 23.7 Å². The molecule has 0 radical (unpaired) electrons. The molecular formula is C12H20N2O2S. The molecule has 4 nitrogen and oxygen atoms in total. The Morgan fingerprint density at radius 2 is 2.41 bits per heavy atom. The van der Waals surface area contributed by atoms with Crippen LogP contribution in [0.25, 0.3) is 0 Å². The number of aliphatic hydroxyl groups is 1. The summed E-state index contributed by atoms with van der Waals surface area (Å²) in [6, 6.07) is 3.99. The molecule has 0 saturated heterocycles. The first-order valence-electron chi connectivity index (χ1n) is 5.69. The first kappa shape index (κ1) is 14.4. The maximum absolute atomic E-state index is 9.05. The number of nitrogens with one attached hydrogen (secondary N) is 1. The summed E-state index contributed by atoms with van der Waals surface area (Å²) in [5, 5.41) is 13.5. The van der Waals surface area contributed by atoms with Crippen LogP contribution in [-0.2, 0) is 11.3 Å². The van der Waals surface area contributed by atoms with Gasteiger partial charge in [-0.2, -0.15) is 0 Å². The maximum Gasteiger partial charge on any atom is 0.101 e. The smallest absolute Gasteiger partial charge is 0.101 e. The Kier molecular flexibility index (Phi) is 7.19. The molecule has 0 saturated carbocycles. The van der Waals surface area contributed by atoms with Crippen molar-refractivity contribution in [2.45, 2.75) is 23.7 Å². The number of methoxy groups -OCH3 is 1. The molecule has 0 aromatic carbocycles. The minimum absolute atomic E-state index is 0.164. The topological polar surface area (TPSA) is 54.4 Å². The lowest BCUT2D eigenvalue weighted by atomic mass is 10.3. The predicted octanol–water partition coefficient (Wildman–Crippen LogP) is 1.29. The zero-order chi connectivity index (χ0) is 12.5. The standard InChI is InChI=1S/C12H20N2O2S/c1-10(9-15)17-12-11(4-3-5-14-12)8-13-6-7-16-2/h3-5,10,13,15H,6-9H2,1-2H3. The fraction of sp³-hybridized carbons (Fsp3) is 0.583. The average molecular weight is 256 g/mol. The van der Waals surface area contributed by atoms with Crippen LogP contribution in [0.3, 0.4) is 0 Å². The monoisotopic (exact) mass is 256 g/mol. The van der Waals surface area contributed by atoms with Gasteiger partial charge in [0.25, 0.3) is 0 Å². The molecule has 1 aromatic heterocycles. The maximum atomic E-state index is 9.05. The summed E-state index contributed by atoms with van der Waals surface area (Å²) in [7, 11) is 1.69. The van der Waals surface area contributed by atoms with E-state index in [-0.39, 0.29) is 11.9 Å². The van der Waals surface area contributed by atoms with E-state index in [1.165, 1.54) is 0 Å². The molecule has 1 aromatic rings. The Morgan fingerprint density at radius 3 is 3.12 bits per heavy atom. The van der Waals surface area contributed by atoms with Gasteiger partial charge in [-0.25, -0.2) is 4.98 Å². The van der Waals surface area contributed by atoms with Crippen LogP contribution in [0.15, 0.2) is 23.4 Å². The minimum Gasteiger partial charge on any atom is -0.395 e. The minimum atomic E-state index is 0.164. The lowest BCUT2D eigenvalue weighted by Gasteiger charge is -2.11. The van der Waals surface area contributed by atoms with E-state index in [9.17, 15) is 0 Å². The van der Waals surface area contributed by atoms with Crippen molar-refractivity contribution in [3.8, 4) is 0 Å². The number of hydrogen-bond donors (Lipinski definition) is 2. The molecule has 1 unspecified atom stereocenters. The van der Waals surface area contributed by atoms with Crippen molar-refractivity contribution in [3.63, 3.8) is 0 Å². The van der Waals surface area contributed by atoms with Crippen molar-refractivity contribution in [2.75, 3.05) is 26.9 Å². The summed E-state index contributed by atoms with van der Waals surface area (Å²) in [5.41, 5.74) is 1.16. The average Bonchev–Trinajstić information content (AvgIpc) is 2.36. The van der Waals surface area contributed by atoms with Crippen LogP contribution in [0.2, 0.25) is 0 Å². The molecule has 1 rings (SSSR count). The van der Waals surface area contributed by atoms with Gasteiger partial charge in [0.1, 0.15) is 5.03 Å². The zero-order valence-corrected chi connectivity index (χ0v) is 11.2. The quantitative estimate of drug-likeness (QED) is 0.542. The second-order valence-corrected chi connectivity index (χ2v) is 5.18. The van der Waals surface area contributed by atoms with Crippen molar-refractivity contribution in [2.24, 2.45) is 0 Å². The first-order valence-corrected chi connectivity index (χ1v) is 6.57. The van der Waals surface area contributed by atoms with E-state index in [0.29, 0.717) is 6.61 Å². The molecule has 1 atom stereocenters. The highest BCUT2D eigenvalue weighted by molar-refractivity contribution is 7.99. The second kappa shape index (κ2) is 8.47. The second-order valence-electron chi connectivity index (χ2n) is 3.75. The summed E-state index contributed by atoms with van der Waals surface area (Å²) in [5.74, 6) is 0. The third kappa shape index (κ3) is 5.50. The summed E-state index contributed by atoms with van der Waals surface area (Å²) < 4.78 is 4.98. The predicted molar refractivity (Wildman–Crippen MR) is 70.2 cm³/mol. The molecule has 0 spiro atoms. The summed E-state index contributed by atoms with van der Waals surface area (Å²) >= 11 is 1.60. The van der Waals surface area contributed by atoms with Crippen molar-refractivity contribution in [3.05, 3.63) is 23.9 Å². The van der Waals surface area contributed by atoms with Gasteiger partial charge in [0, 0.05) is 31.6 Å². The van der Waals surface area contributed by atoms with Crippen LogP contribution in [0.4, 0.5) is 0 Å². The fourth-order valence-electron chi connectivity index (χ4n) is 1.29. The summed E-state index contributed by atoms with van der Waals surface area (Å²) in [6.45, 7) is 4.46. The number of ether oxygens (including phenoxy) is 1. The Hall–Kier alpha value is -0.620. The molecule has 0 bridgehead atoms. The number of rotatable bonds is 8. The van der Waals surface area contributed by atoms with Crippen LogP contribution in [0.1, 0.15) is 12.5 Å². The van der Waals surface area contributed by atoms with Gasteiger partial charge in [-0.15, -0.1) is 11.8 Å². The van der Waals surface area contributed by atoms with Crippen molar-refractivity contribution >= 4 is 11.8 Å². The zero-order valence-electron chi connectivity index (χ0n) is 10.3. The highest BCUT2D eigenvalue weighted by atomic mass is 32.2. The van der Waals surface area contributed by atoms with Crippen LogP contribution in [0, 0.1) is 0 Å². The highest BCUT2D eigenvalue weighted by Gasteiger charge is 2.08. The number of thioether (sulfide) groups is 1. The molecule has 0 fully saturated rings. The third-order valence-corrected chi connectivity index (χ3v) is 3.36. The number of aliphatic hydroxyl groups excluding tert-OH is 1. The largest absolute Gasteiger partial charge is 0.395 e. The SMILES string of the molecule is COCCNCc1cccnc1SC(C)CO. The number of hydrogen-bond acceptors (Lipinski definition) is 5. The normalized spacial score (nSPS) is 12.6. The molecule has 0 aliphatic rings. The lowest BCUT2D eigenvalue weighted by molar-refractivity contribution is 0.199. The van der Waals surface area contributed by atoms with E-state index in [1.54, 1.807) is 25.1 Å². The van der Waals surface area contributed by atoms with E-state index >= 15 is 0 Å². The van der Waals surface area contributed by atoms with Gasteiger partial charge in [0.2, 0.25) is 0 Å². The Balaban J connectivity index is 2.51. The molecule has 0 amide bonds. The van der Waals surface area contributed by atoms with Gasteiger partial charge in [0.05, 0.1) is 13.2 Å². The first-order chi connectivity index (χ1) is 8.27. The van der Waals surface area contributed by atoms with Crippen LogP contribution >= 0.6 is 11.8 Å². The molecule has 0 aliphatic carbocycles. The van der Waals surface area contributed by atoms with Crippen LogP contribution in [-0.4, -0.2) is 42.2 Å². The van der Waals surface area contributed by atoms with Gasteiger partial charge in [0.15, 0.2) is 0 Å². The molecule has 0 aliphatic heterocycles. The molecular weight excluding hydrogens is 236 g/mol. The number of nitrogens with zero attached hydrogens (tertiary/aromatic N) is 1. The number of aromatic nitrogens is 1. The van der Waals surface area contributed by atoms with E-state index < -0.39 is 0 Å². The lowest BCUT2D eigenvalue weighted by Crippen LogP contribution is -2.19. The molecule has 1 heterocycles. The van der Waals surface area contributed by atoms with E-state index in [2.05, 4.69) is 16.4 Å². The van der Waals surface area contributed by atoms with Crippen LogP contribution < -0.4 is 5.32 Å². The molecule has 17 heavy (non-hydrogen) atoms.